The molecule has 0 unspecified atom stereocenters. The van der Waals surface area contributed by atoms with Gasteiger partial charge in [-0.3, -0.25) is 9.59 Å². The smallest absolute Gasteiger partial charge is 0.239 e. The van der Waals surface area contributed by atoms with E-state index in [0.29, 0.717) is 15.6 Å². The highest BCUT2D eigenvalue weighted by Crippen LogP contribution is 2.24. The zero-order chi connectivity index (χ0) is 21.0. The van der Waals surface area contributed by atoms with Gasteiger partial charge in [-0.2, -0.15) is 0 Å². The van der Waals surface area contributed by atoms with E-state index >= 15 is 0 Å². The summed E-state index contributed by atoms with van der Waals surface area (Å²) in [5.41, 5.74) is 0.763. The van der Waals surface area contributed by atoms with Gasteiger partial charge in [-0.15, -0.1) is 0 Å². The van der Waals surface area contributed by atoms with Gasteiger partial charge in [0.2, 0.25) is 5.91 Å². The van der Waals surface area contributed by atoms with E-state index < -0.39 is 21.5 Å². The Balaban J connectivity index is 1.84. The summed E-state index contributed by atoms with van der Waals surface area (Å²) in [7, 11) is -3.87. The lowest BCUT2D eigenvalue weighted by Gasteiger charge is -2.12. The minimum atomic E-state index is -3.87. The molecule has 0 spiro atoms. The molecule has 0 saturated carbocycles. The molecular formula is C21H15Cl2NO4S. The van der Waals surface area contributed by atoms with Gasteiger partial charge >= 0.3 is 0 Å². The Kier molecular flexibility index (Phi) is 6.37. The molecule has 3 aromatic carbocycles. The van der Waals surface area contributed by atoms with Crippen LogP contribution in [0.15, 0.2) is 77.7 Å². The molecule has 0 aromatic heterocycles. The Morgan fingerprint density at radius 2 is 1.45 bits per heavy atom. The van der Waals surface area contributed by atoms with Crippen LogP contribution in [0.4, 0.5) is 5.69 Å². The minimum Gasteiger partial charge on any atom is -0.325 e. The molecule has 1 N–H and O–H groups in total. The molecule has 8 heteroatoms. The van der Waals surface area contributed by atoms with Gasteiger partial charge in [0.1, 0.15) is 5.75 Å². The van der Waals surface area contributed by atoms with Gasteiger partial charge in [0.05, 0.1) is 10.6 Å². The maximum absolute atomic E-state index is 12.8. The maximum atomic E-state index is 12.8. The molecule has 1 amide bonds. The van der Waals surface area contributed by atoms with Crippen LogP contribution in [0.2, 0.25) is 10.0 Å². The Morgan fingerprint density at radius 1 is 0.828 bits per heavy atom. The first-order chi connectivity index (χ1) is 13.8. The van der Waals surface area contributed by atoms with E-state index in [9.17, 15) is 18.0 Å². The van der Waals surface area contributed by atoms with Crippen LogP contribution in [0, 0.1) is 0 Å². The number of anilines is 1. The van der Waals surface area contributed by atoms with Crippen molar-refractivity contribution in [2.24, 2.45) is 0 Å². The second kappa shape index (κ2) is 8.78. The van der Waals surface area contributed by atoms with Gasteiger partial charge in [-0.25, -0.2) is 8.42 Å². The molecule has 0 heterocycles. The SMILES string of the molecule is O=C(CS(=O)(=O)c1ccc(Cl)cc1)Nc1ccc(Cl)cc1C(=O)c1ccccc1. The third kappa shape index (κ3) is 5.23. The van der Waals surface area contributed by atoms with Gasteiger partial charge < -0.3 is 5.32 Å². The summed E-state index contributed by atoms with van der Waals surface area (Å²) in [6, 6.07) is 18.4. The second-order valence-electron chi connectivity index (χ2n) is 6.15. The highest BCUT2D eigenvalue weighted by Gasteiger charge is 2.21. The van der Waals surface area contributed by atoms with Crippen LogP contribution in [0.3, 0.4) is 0 Å². The predicted octanol–water partition coefficient (Wildman–Crippen LogP) is 4.64. The van der Waals surface area contributed by atoms with Crippen LogP contribution in [0.25, 0.3) is 0 Å². The van der Waals surface area contributed by atoms with E-state index in [1.165, 1.54) is 42.5 Å². The molecule has 0 aliphatic rings. The van der Waals surface area contributed by atoms with E-state index in [0.717, 1.165) is 0 Å². The van der Waals surface area contributed by atoms with Crippen molar-refractivity contribution in [1.82, 2.24) is 0 Å². The second-order valence-corrected chi connectivity index (χ2v) is 9.01. The van der Waals surface area contributed by atoms with Crippen molar-refractivity contribution in [2.45, 2.75) is 4.90 Å². The van der Waals surface area contributed by atoms with Crippen LogP contribution in [0.1, 0.15) is 15.9 Å². The third-order valence-corrected chi connectivity index (χ3v) is 6.15. The van der Waals surface area contributed by atoms with Crippen LogP contribution in [-0.4, -0.2) is 25.9 Å². The van der Waals surface area contributed by atoms with E-state index in [1.54, 1.807) is 30.3 Å². The van der Waals surface area contributed by atoms with Gasteiger partial charge in [0.15, 0.2) is 15.6 Å². The first kappa shape index (κ1) is 21.0. The molecule has 0 radical (unpaired) electrons. The van der Waals surface area contributed by atoms with Crippen molar-refractivity contribution in [3.05, 3.63) is 94.0 Å². The van der Waals surface area contributed by atoms with E-state index in [-0.39, 0.29) is 21.9 Å². The van der Waals surface area contributed by atoms with Crippen molar-refractivity contribution in [2.75, 3.05) is 11.1 Å². The summed E-state index contributed by atoms with van der Waals surface area (Å²) < 4.78 is 24.9. The molecule has 0 saturated heterocycles. The topological polar surface area (TPSA) is 80.3 Å². The van der Waals surface area contributed by atoms with E-state index in [1.807, 2.05) is 0 Å². The van der Waals surface area contributed by atoms with Crippen LogP contribution >= 0.6 is 23.2 Å². The lowest BCUT2D eigenvalue weighted by molar-refractivity contribution is -0.113. The molecule has 0 atom stereocenters. The van der Waals surface area contributed by atoms with E-state index in [4.69, 9.17) is 23.2 Å². The number of amides is 1. The fraction of sp³-hybridized carbons (Fsp3) is 0.0476. The van der Waals surface area contributed by atoms with Crippen molar-refractivity contribution >= 4 is 50.4 Å². The molecule has 0 aliphatic carbocycles. The Labute approximate surface area is 178 Å². The average molecular weight is 448 g/mol. The number of halogens is 2. The van der Waals surface area contributed by atoms with Gasteiger partial charge in [-0.1, -0.05) is 53.5 Å². The Bertz CT molecular complexity index is 1160. The summed E-state index contributed by atoms with van der Waals surface area (Å²) in [4.78, 5) is 25.2. The summed E-state index contributed by atoms with van der Waals surface area (Å²) in [6.07, 6.45) is 0. The first-order valence-corrected chi connectivity index (χ1v) is 10.8. The van der Waals surface area contributed by atoms with Crippen molar-refractivity contribution < 1.29 is 18.0 Å². The summed E-state index contributed by atoms with van der Waals surface area (Å²) in [5.74, 6) is -1.90. The normalized spacial score (nSPS) is 11.1. The summed E-state index contributed by atoms with van der Waals surface area (Å²) in [5, 5.41) is 3.21. The fourth-order valence-electron chi connectivity index (χ4n) is 2.64. The molecule has 0 fully saturated rings. The molecule has 0 bridgehead atoms. The zero-order valence-corrected chi connectivity index (χ0v) is 17.3. The van der Waals surface area contributed by atoms with E-state index in [2.05, 4.69) is 5.32 Å². The third-order valence-electron chi connectivity index (χ3n) is 4.03. The van der Waals surface area contributed by atoms with Crippen LogP contribution in [-0.2, 0) is 14.6 Å². The quantitative estimate of drug-likeness (QED) is 0.558. The number of rotatable bonds is 6. The lowest BCUT2D eigenvalue weighted by atomic mass is 10.0. The predicted molar refractivity (Wildman–Crippen MR) is 113 cm³/mol. The monoisotopic (exact) mass is 447 g/mol. The van der Waals surface area contributed by atoms with Crippen molar-refractivity contribution in [3.8, 4) is 0 Å². The number of ketones is 1. The van der Waals surface area contributed by atoms with Crippen LogP contribution in [0.5, 0.6) is 0 Å². The number of carbonyl (C=O) groups is 2. The molecule has 29 heavy (non-hydrogen) atoms. The number of hydrogen-bond acceptors (Lipinski definition) is 4. The average Bonchev–Trinajstić information content (AvgIpc) is 2.69. The largest absolute Gasteiger partial charge is 0.325 e. The molecule has 3 rings (SSSR count). The standard InChI is InChI=1S/C21H15Cl2NO4S/c22-15-6-9-17(10-7-15)29(27,28)13-20(25)24-19-11-8-16(23)12-18(19)21(26)14-4-2-1-3-5-14/h1-12H,13H2,(H,24,25). The Hall–Kier alpha value is -2.67. The fourth-order valence-corrected chi connectivity index (χ4v) is 4.08. The molecular weight excluding hydrogens is 433 g/mol. The molecule has 3 aromatic rings. The number of nitrogens with one attached hydrogen (secondary N) is 1. The summed E-state index contributed by atoms with van der Waals surface area (Å²) >= 11 is 11.8. The van der Waals surface area contributed by atoms with Crippen molar-refractivity contribution in [1.29, 1.82) is 0 Å². The number of benzene rings is 3. The molecule has 5 nitrogen and oxygen atoms in total. The van der Waals surface area contributed by atoms with Gasteiger partial charge in [-0.05, 0) is 42.5 Å². The van der Waals surface area contributed by atoms with Gasteiger partial charge in [0.25, 0.3) is 0 Å². The van der Waals surface area contributed by atoms with Crippen LogP contribution < -0.4 is 5.32 Å². The maximum Gasteiger partial charge on any atom is 0.239 e. The highest BCUT2D eigenvalue weighted by atomic mass is 35.5. The zero-order valence-electron chi connectivity index (χ0n) is 14.9. The minimum absolute atomic E-state index is 0.0197. The lowest BCUT2D eigenvalue weighted by Crippen LogP contribution is -2.24. The number of sulfone groups is 1. The summed E-state index contributed by atoms with van der Waals surface area (Å²) in [6.45, 7) is 0. The highest BCUT2D eigenvalue weighted by molar-refractivity contribution is 7.92. The molecule has 0 aliphatic heterocycles. The molecule has 148 valence electrons. The number of carbonyl (C=O) groups excluding carboxylic acids is 2. The Morgan fingerprint density at radius 3 is 2.10 bits per heavy atom. The number of hydrogen-bond donors (Lipinski definition) is 1. The van der Waals surface area contributed by atoms with Gasteiger partial charge in [0, 0.05) is 21.2 Å². The van der Waals surface area contributed by atoms with Crippen molar-refractivity contribution in [3.63, 3.8) is 0 Å². The first-order valence-electron chi connectivity index (χ1n) is 8.44.